The minimum atomic E-state index is -0.542. The Morgan fingerprint density at radius 3 is 2.43 bits per heavy atom. The fraction of sp³-hybridized carbons (Fsp3) is 0.476. The van der Waals surface area contributed by atoms with Gasteiger partial charge in [-0.15, -0.1) is 11.3 Å². The number of thiophene rings is 1. The van der Waals surface area contributed by atoms with E-state index in [4.69, 9.17) is 16.3 Å². The first kappa shape index (κ1) is 21.3. The van der Waals surface area contributed by atoms with E-state index in [0.717, 1.165) is 37.1 Å². The first-order valence-corrected chi connectivity index (χ1v) is 10.9. The second-order valence-corrected chi connectivity index (χ2v) is 8.85. The highest BCUT2D eigenvalue weighted by molar-refractivity contribution is 7.16. The molecule has 0 unspecified atom stereocenters. The van der Waals surface area contributed by atoms with E-state index in [0.29, 0.717) is 24.3 Å². The van der Waals surface area contributed by atoms with Gasteiger partial charge in [-0.1, -0.05) is 18.5 Å². The molecule has 3 rings (SSSR count). The quantitative estimate of drug-likeness (QED) is 0.626. The minimum Gasteiger partial charge on any atom is -0.491 e. The summed E-state index contributed by atoms with van der Waals surface area (Å²) in [5.74, 6) is 0.791. The summed E-state index contributed by atoms with van der Waals surface area (Å²) in [5.41, 5.74) is 0.693. The average Bonchev–Trinajstić information content (AvgIpc) is 3.12. The number of hydrogen-bond acceptors (Lipinski definition) is 6. The zero-order valence-electron chi connectivity index (χ0n) is 16.1. The number of ketones is 1. The Morgan fingerprint density at radius 2 is 1.82 bits per heavy atom. The van der Waals surface area contributed by atoms with Crippen LogP contribution in [-0.2, 0) is 6.54 Å². The molecular weight excluding hydrogens is 396 g/mol. The fourth-order valence-corrected chi connectivity index (χ4v) is 4.40. The predicted molar refractivity (Wildman–Crippen MR) is 114 cm³/mol. The molecule has 1 N–H and O–H groups in total. The third kappa shape index (κ3) is 6.29. The van der Waals surface area contributed by atoms with Gasteiger partial charge in [0.2, 0.25) is 0 Å². The summed E-state index contributed by atoms with van der Waals surface area (Å²) in [5, 5.41) is 10.3. The number of rotatable bonds is 9. The third-order valence-corrected chi connectivity index (χ3v) is 6.10. The van der Waals surface area contributed by atoms with E-state index in [1.807, 2.05) is 13.0 Å². The summed E-state index contributed by atoms with van der Waals surface area (Å²) in [6.45, 7) is 7.47. The molecule has 1 saturated heterocycles. The standard InChI is InChI=1S/C21H27ClN2O3S/c1-2-20(26)16-3-5-18(6-4-16)27-15-17(25)13-23-9-11-24(12-10-23)14-19-7-8-21(22)28-19/h3-8,17,25H,2,9-15H2,1H3/t17-/m1/s1. The summed E-state index contributed by atoms with van der Waals surface area (Å²) in [6, 6.07) is 11.1. The first-order chi connectivity index (χ1) is 13.5. The number of piperazine rings is 1. The van der Waals surface area contributed by atoms with E-state index in [-0.39, 0.29) is 12.4 Å². The van der Waals surface area contributed by atoms with E-state index in [1.54, 1.807) is 35.6 Å². The van der Waals surface area contributed by atoms with Crippen LogP contribution in [0.15, 0.2) is 36.4 Å². The molecule has 1 aromatic heterocycles. The highest BCUT2D eigenvalue weighted by atomic mass is 35.5. The molecular formula is C21H27ClN2O3S. The molecule has 2 heterocycles. The number of halogens is 1. The van der Waals surface area contributed by atoms with Crippen molar-refractivity contribution in [3.05, 3.63) is 51.2 Å². The van der Waals surface area contributed by atoms with Crippen LogP contribution in [0.25, 0.3) is 0 Å². The smallest absolute Gasteiger partial charge is 0.162 e. The van der Waals surface area contributed by atoms with Crippen molar-refractivity contribution in [2.75, 3.05) is 39.3 Å². The van der Waals surface area contributed by atoms with Gasteiger partial charge in [-0.2, -0.15) is 0 Å². The molecule has 2 aromatic rings. The molecule has 7 heteroatoms. The molecule has 0 bridgehead atoms. The van der Waals surface area contributed by atoms with Gasteiger partial charge in [-0.05, 0) is 36.4 Å². The molecule has 1 fully saturated rings. The van der Waals surface area contributed by atoms with Gasteiger partial charge in [0.25, 0.3) is 0 Å². The van der Waals surface area contributed by atoms with Crippen LogP contribution in [0.1, 0.15) is 28.6 Å². The molecule has 0 radical (unpaired) electrons. The van der Waals surface area contributed by atoms with Gasteiger partial charge < -0.3 is 9.84 Å². The zero-order valence-corrected chi connectivity index (χ0v) is 17.7. The zero-order chi connectivity index (χ0) is 19.9. The maximum absolute atomic E-state index is 11.6. The molecule has 1 aliphatic rings. The first-order valence-electron chi connectivity index (χ1n) is 9.66. The molecule has 1 aliphatic heterocycles. The van der Waals surface area contributed by atoms with E-state index >= 15 is 0 Å². The van der Waals surface area contributed by atoms with Gasteiger partial charge in [0.1, 0.15) is 18.5 Å². The Bertz CT molecular complexity index is 757. The number of benzene rings is 1. The SMILES string of the molecule is CCC(=O)c1ccc(OC[C@H](O)CN2CCN(Cc3ccc(Cl)s3)CC2)cc1. The molecule has 0 aliphatic carbocycles. The van der Waals surface area contributed by atoms with Crippen LogP contribution in [0.4, 0.5) is 0 Å². The number of Topliss-reactive ketones (excluding diaryl/α,β-unsaturated/α-hetero) is 1. The normalized spacial score (nSPS) is 16.8. The number of nitrogens with zero attached hydrogens (tertiary/aromatic N) is 2. The average molecular weight is 423 g/mol. The summed E-state index contributed by atoms with van der Waals surface area (Å²) in [6.07, 6.45) is -0.0487. The van der Waals surface area contributed by atoms with Gasteiger partial charge >= 0.3 is 0 Å². The van der Waals surface area contributed by atoms with Crippen LogP contribution < -0.4 is 4.74 Å². The van der Waals surface area contributed by atoms with Crippen LogP contribution in [0.3, 0.4) is 0 Å². The van der Waals surface area contributed by atoms with Gasteiger partial charge in [-0.3, -0.25) is 14.6 Å². The van der Waals surface area contributed by atoms with Crippen molar-refractivity contribution in [1.29, 1.82) is 0 Å². The minimum absolute atomic E-state index is 0.118. The van der Waals surface area contributed by atoms with E-state index in [2.05, 4.69) is 15.9 Å². The third-order valence-electron chi connectivity index (χ3n) is 4.88. The lowest BCUT2D eigenvalue weighted by molar-refractivity contribution is 0.0448. The summed E-state index contributed by atoms with van der Waals surface area (Å²) in [7, 11) is 0. The monoisotopic (exact) mass is 422 g/mol. The number of carbonyl (C=O) groups excluding carboxylic acids is 1. The van der Waals surface area contributed by atoms with Crippen molar-refractivity contribution >= 4 is 28.7 Å². The van der Waals surface area contributed by atoms with Crippen LogP contribution in [0.5, 0.6) is 5.75 Å². The Labute approximate surface area is 175 Å². The van der Waals surface area contributed by atoms with E-state index in [1.165, 1.54) is 4.88 Å². The highest BCUT2D eigenvalue weighted by Crippen LogP contribution is 2.23. The molecule has 0 saturated carbocycles. The van der Waals surface area contributed by atoms with Crippen molar-refractivity contribution in [2.45, 2.75) is 26.0 Å². The van der Waals surface area contributed by atoms with Crippen LogP contribution >= 0.6 is 22.9 Å². The second kappa shape index (κ2) is 10.4. The molecule has 1 aromatic carbocycles. The predicted octanol–water partition coefficient (Wildman–Crippen LogP) is 3.55. The summed E-state index contributed by atoms with van der Waals surface area (Å²) in [4.78, 5) is 17.6. The van der Waals surface area contributed by atoms with Crippen molar-refractivity contribution in [1.82, 2.24) is 9.80 Å². The number of aliphatic hydroxyl groups excluding tert-OH is 1. The van der Waals surface area contributed by atoms with Gasteiger partial charge in [-0.25, -0.2) is 0 Å². The highest BCUT2D eigenvalue weighted by Gasteiger charge is 2.20. The van der Waals surface area contributed by atoms with E-state index in [9.17, 15) is 9.90 Å². The van der Waals surface area contributed by atoms with Crippen molar-refractivity contribution in [3.63, 3.8) is 0 Å². The summed E-state index contributed by atoms with van der Waals surface area (Å²) < 4.78 is 6.51. The van der Waals surface area contributed by atoms with Gasteiger partial charge in [0, 0.05) is 56.1 Å². The van der Waals surface area contributed by atoms with Gasteiger partial charge in [0.15, 0.2) is 5.78 Å². The lowest BCUT2D eigenvalue weighted by Crippen LogP contribution is -2.48. The lowest BCUT2D eigenvalue weighted by Gasteiger charge is -2.35. The molecule has 152 valence electrons. The lowest BCUT2D eigenvalue weighted by atomic mass is 10.1. The fourth-order valence-electron chi connectivity index (χ4n) is 3.27. The Balaban J connectivity index is 1.36. The molecule has 0 spiro atoms. The number of hydrogen-bond donors (Lipinski definition) is 1. The Hall–Kier alpha value is -1.44. The number of aliphatic hydroxyl groups is 1. The summed E-state index contributed by atoms with van der Waals surface area (Å²) >= 11 is 7.63. The number of ether oxygens (including phenoxy) is 1. The molecule has 28 heavy (non-hydrogen) atoms. The van der Waals surface area contributed by atoms with Crippen LogP contribution in [-0.4, -0.2) is 66.1 Å². The largest absolute Gasteiger partial charge is 0.491 e. The van der Waals surface area contributed by atoms with E-state index < -0.39 is 6.10 Å². The molecule has 5 nitrogen and oxygen atoms in total. The Morgan fingerprint density at radius 1 is 1.14 bits per heavy atom. The molecule has 1 atom stereocenters. The maximum Gasteiger partial charge on any atom is 0.162 e. The maximum atomic E-state index is 11.6. The van der Waals surface area contributed by atoms with Gasteiger partial charge in [0.05, 0.1) is 4.34 Å². The number of β-amino-alcohol motifs (C(OH)–C–C–N with tert-alkyl or cyclic N) is 1. The topological polar surface area (TPSA) is 53.0 Å². The van der Waals surface area contributed by atoms with Crippen molar-refractivity contribution in [2.24, 2.45) is 0 Å². The van der Waals surface area contributed by atoms with Crippen molar-refractivity contribution in [3.8, 4) is 5.75 Å². The van der Waals surface area contributed by atoms with Crippen LogP contribution in [0, 0.1) is 0 Å². The second-order valence-electron chi connectivity index (χ2n) is 7.05. The number of carbonyl (C=O) groups is 1. The van der Waals surface area contributed by atoms with Crippen molar-refractivity contribution < 1.29 is 14.6 Å². The molecule has 0 amide bonds. The Kier molecular flexibility index (Phi) is 7.88. The van der Waals surface area contributed by atoms with Crippen LogP contribution in [0.2, 0.25) is 4.34 Å².